The summed E-state index contributed by atoms with van der Waals surface area (Å²) in [6, 6.07) is 19.5. The lowest BCUT2D eigenvalue weighted by atomic mass is 9.75. The molecule has 5 rings (SSSR count). The van der Waals surface area contributed by atoms with Gasteiger partial charge in [0.15, 0.2) is 0 Å². The van der Waals surface area contributed by atoms with Crippen molar-refractivity contribution < 1.29 is 18.8 Å². The molecule has 2 fully saturated rings. The minimum absolute atomic E-state index is 0.0687. The highest BCUT2D eigenvalue weighted by Gasteiger charge is 2.54. The van der Waals surface area contributed by atoms with Crippen LogP contribution in [0.25, 0.3) is 0 Å². The van der Waals surface area contributed by atoms with E-state index in [1.165, 1.54) is 28.7 Å². The summed E-state index contributed by atoms with van der Waals surface area (Å²) in [6.07, 6.45) is 4.56. The first-order chi connectivity index (χ1) is 17.5. The molecule has 1 atom stereocenters. The smallest absolute Gasteiger partial charge is 0.241 e. The van der Waals surface area contributed by atoms with Crippen LogP contribution in [0.2, 0.25) is 0 Å². The number of amides is 3. The first-order valence-corrected chi connectivity index (χ1v) is 12.3. The molecule has 2 aromatic carbocycles. The van der Waals surface area contributed by atoms with Gasteiger partial charge < -0.3 is 4.90 Å². The zero-order chi connectivity index (χ0) is 25.1. The van der Waals surface area contributed by atoms with Gasteiger partial charge in [-0.25, -0.2) is 4.39 Å². The van der Waals surface area contributed by atoms with Gasteiger partial charge in [0.1, 0.15) is 5.82 Å². The monoisotopic (exact) mass is 485 g/mol. The molecule has 0 radical (unpaired) electrons. The van der Waals surface area contributed by atoms with Crippen molar-refractivity contribution in [2.24, 2.45) is 0 Å². The molecule has 2 aliphatic heterocycles. The number of carbonyl (C=O) groups is 3. The second kappa shape index (κ2) is 10.0. The van der Waals surface area contributed by atoms with E-state index in [4.69, 9.17) is 0 Å². The average Bonchev–Trinajstić information content (AvgIpc) is 3.15. The number of rotatable bonds is 6. The Balaban J connectivity index is 1.37. The molecule has 0 spiro atoms. The van der Waals surface area contributed by atoms with Crippen LogP contribution >= 0.6 is 0 Å². The SMILES string of the molecule is O=C(C[C@@]1(c2cccc(F)c2)CC(=O)N(Cc2cccnc2)C1=O)N1CCC(c2ccccc2)CC1. The van der Waals surface area contributed by atoms with E-state index in [0.29, 0.717) is 30.1 Å². The van der Waals surface area contributed by atoms with Crippen LogP contribution in [0.3, 0.4) is 0 Å². The highest BCUT2D eigenvalue weighted by molar-refractivity contribution is 6.10. The van der Waals surface area contributed by atoms with E-state index in [0.717, 1.165) is 12.8 Å². The van der Waals surface area contributed by atoms with Crippen LogP contribution in [0.4, 0.5) is 4.39 Å². The second-order valence-corrected chi connectivity index (χ2v) is 9.66. The van der Waals surface area contributed by atoms with Crippen molar-refractivity contribution in [3.8, 4) is 0 Å². The predicted molar refractivity (Wildman–Crippen MR) is 132 cm³/mol. The van der Waals surface area contributed by atoms with Gasteiger partial charge in [0, 0.05) is 38.3 Å². The number of halogens is 1. The molecule has 36 heavy (non-hydrogen) atoms. The molecule has 0 unspecified atom stereocenters. The molecule has 0 aliphatic carbocycles. The number of carbonyl (C=O) groups excluding carboxylic acids is 3. The molecule has 0 N–H and O–H groups in total. The van der Waals surface area contributed by atoms with Crippen LogP contribution in [-0.4, -0.2) is 45.6 Å². The van der Waals surface area contributed by atoms with E-state index in [9.17, 15) is 18.8 Å². The number of benzene rings is 2. The van der Waals surface area contributed by atoms with Gasteiger partial charge in [0.25, 0.3) is 0 Å². The van der Waals surface area contributed by atoms with E-state index >= 15 is 0 Å². The maximum Gasteiger partial charge on any atom is 0.241 e. The third-order valence-corrected chi connectivity index (χ3v) is 7.42. The topological polar surface area (TPSA) is 70.6 Å². The van der Waals surface area contributed by atoms with E-state index < -0.39 is 17.1 Å². The van der Waals surface area contributed by atoms with Gasteiger partial charge in [-0.3, -0.25) is 24.3 Å². The fourth-order valence-electron chi connectivity index (χ4n) is 5.44. The van der Waals surface area contributed by atoms with Gasteiger partial charge >= 0.3 is 0 Å². The van der Waals surface area contributed by atoms with Gasteiger partial charge in [-0.2, -0.15) is 0 Å². The van der Waals surface area contributed by atoms with Crippen LogP contribution < -0.4 is 0 Å². The largest absolute Gasteiger partial charge is 0.343 e. The van der Waals surface area contributed by atoms with Crippen molar-refractivity contribution in [1.82, 2.24) is 14.8 Å². The third-order valence-electron chi connectivity index (χ3n) is 7.42. The summed E-state index contributed by atoms with van der Waals surface area (Å²) in [4.78, 5) is 47.4. The highest BCUT2D eigenvalue weighted by atomic mass is 19.1. The average molecular weight is 486 g/mol. The summed E-state index contributed by atoms with van der Waals surface area (Å²) in [5, 5.41) is 0. The summed E-state index contributed by atoms with van der Waals surface area (Å²) in [6.45, 7) is 1.23. The lowest BCUT2D eigenvalue weighted by Gasteiger charge is -2.35. The van der Waals surface area contributed by atoms with Gasteiger partial charge in [-0.1, -0.05) is 48.5 Å². The summed E-state index contributed by atoms with van der Waals surface area (Å²) in [5.41, 5.74) is 0.920. The van der Waals surface area contributed by atoms with Crippen LogP contribution in [0.15, 0.2) is 79.1 Å². The van der Waals surface area contributed by atoms with Crippen molar-refractivity contribution in [2.45, 2.75) is 43.6 Å². The number of hydrogen-bond donors (Lipinski definition) is 0. The van der Waals surface area contributed by atoms with E-state index in [1.807, 2.05) is 18.2 Å². The van der Waals surface area contributed by atoms with Gasteiger partial charge in [0.2, 0.25) is 17.7 Å². The first kappa shape index (κ1) is 23.9. The van der Waals surface area contributed by atoms with Crippen LogP contribution in [-0.2, 0) is 26.3 Å². The Kier molecular flexibility index (Phi) is 6.63. The summed E-state index contributed by atoms with van der Waals surface area (Å²) in [5.74, 6) is -1.14. The molecule has 2 aliphatic rings. The molecule has 0 bridgehead atoms. The molecule has 184 valence electrons. The quantitative estimate of drug-likeness (QED) is 0.491. The number of pyridine rings is 1. The zero-order valence-electron chi connectivity index (χ0n) is 20.0. The molecular weight excluding hydrogens is 457 g/mol. The first-order valence-electron chi connectivity index (χ1n) is 12.3. The minimum Gasteiger partial charge on any atom is -0.343 e. The van der Waals surface area contributed by atoms with Crippen molar-refractivity contribution in [1.29, 1.82) is 0 Å². The predicted octanol–water partition coefficient (Wildman–Crippen LogP) is 4.21. The summed E-state index contributed by atoms with van der Waals surface area (Å²) in [7, 11) is 0. The standard InChI is InChI=1S/C29H28FN3O3/c30-25-10-4-9-24(16-25)29(18-27(35)33(28(29)36)20-21-6-5-13-31-19-21)17-26(34)32-14-11-23(12-15-32)22-7-2-1-3-8-22/h1-10,13,16,19,23H,11-12,14-15,17-18,20H2/t29-/m0/s1. The Morgan fingerprint density at radius 3 is 2.47 bits per heavy atom. The molecule has 3 amide bonds. The van der Waals surface area contributed by atoms with Crippen molar-refractivity contribution in [3.05, 3.63) is 102 Å². The Hall–Kier alpha value is -3.87. The van der Waals surface area contributed by atoms with E-state index in [1.54, 1.807) is 35.5 Å². The number of likely N-dealkylation sites (tertiary alicyclic amines) is 2. The second-order valence-electron chi connectivity index (χ2n) is 9.66. The Bertz CT molecular complexity index is 1260. The Morgan fingerprint density at radius 2 is 1.78 bits per heavy atom. The van der Waals surface area contributed by atoms with Crippen LogP contribution in [0.5, 0.6) is 0 Å². The molecule has 7 heteroatoms. The maximum atomic E-state index is 14.2. The van der Waals surface area contributed by atoms with Crippen LogP contribution in [0, 0.1) is 5.82 Å². The van der Waals surface area contributed by atoms with E-state index in [-0.39, 0.29) is 31.2 Å². The number of aromatic nitrogens is 1. The normalized spacial score (nSPS) is 20.7. The minimum atomic E-state index is -1.42. The fourth-order valence-corrected chi connectivity index (χ4v) is 5.44. The molecule has 0 saturated carbocycles. The summed E-state index contributed by atoms with van der Waals surface area (Å²) < 4.78 is 14.2. The highest BCUT2D eigenvalue weighted by Crippen LogP contribution is 2.41. The lowest BCUT2D eigenvalue weighted by molar-refractivity contribution is -0.143. The lowest BCUT2D eigenvalue weighted by Crippen LogP contribution is -2.45. The van der Waals surface area contributed by atoms with Crippen LogP contribution in [0.1, 0.15) is 48.3 Å². The maximum absolute atomic E-state index is 14.2. The zero-order valence-corrected chi connectivity index (χ0v) is 20.0. The molecular formula is C29H28FN3O3. The molecule has 6 nitrogen and oxygen atoms in total. The number of piperidine rings is 1. The molecule has 3 aromatic rings. The third kappa shape index (κ3) is 4.65. The van der Waals surface area contributed by atoms with Crippen molar-refractivity contribution in [3.63, 3.8) is 0 Å². The Labute approximate surface area is 209 Å². The number of imide groups is 1. The Morgan fingerprint density at radius 1 is 1.00 bits per heavy atom. The van der Waals surface area contributed by atoms with Gasteiger partial charge in [-0.15, -0.1) is 0 Å². The van der Waals surface area contributed by atoms with Crippen molar-refractivity contribution in [2.75, 3.05) is 13.1 Å². The number of hydrogen-bond acceptors (Lipinski definition) is 4. The fraction of sp³-hybridized carbons (Fsp3) is 0.310. The van der Waals surface area contributed by atoms with Gasteiger partial charge in [0.05, 0.1) is 12.0 Å². The van der Waals surface area contributed by atoms with Gasteiger partial charge in [-0.05, 0) is 53.6 Å². The molecule has 2 saturated heterocycles. The number of nitrogens with zero attached hydrogens (tertiary/aromatic N) is 3. The molecule has 3 heterocycles. The van der Waals surface area contributed by atoms with E-state index in [2.05, 4.69) is 17.1 Å². The van der Waals surface area contributed by atoms with Crippen molar-refractivity contribution >= 4 is 17.7 Å². The molecule has 1 aromatic heterocycles. The summed E-state index contributed by atoms with van der Waals surface area (Å²) >= 11 is 0.